The van der Waals surface area contributed by atoms with Crippen LogP contribution in [0.2, 0.25) is 0 Å². The summed E-state index contributed by atoms with van der Waals surface area (Å²) >= 11 is 0. The van der Waals surface area contributed by atoms with Gasteiger partial charge in [-0.1, -0.05) is 30.3 Å². The Bertz CT molecular complexity index is 914. The minimum Gasteiger partial charge on any atom is -0.454 e. The number of anilines is 2. The highest BCUT2D eigenvalue weighted by Crippen LogP contribution is 2.34. The maximum absolute atomic E-state index is 12.2. The summed E-state index contributed by atoms with van der Waals surface area (Å²) < 4.78 is 10.6. The molecule has 0 unspecified atom stereocenters. The number of benzene rings is 2. The van der Waals surface area contributed by atoms with Crippen LogP contribution in [0.3, 0.4) is 0 Å². The third-order valence-corrected chi connectivity index (χ3v) is 3.84. The molecule has 0 saturated heterocycles. The molecule has 1 aliphatic heterocycles. The average molecular weight is 348 g/mol. The summed E-state index contributed by atoms with van der Waals surface area (Å²) in [5, 5.41) is 14.0. The molecule has 0 radical (unpaired) electrons. The van der Waals surface area contributed by atoms with E-state index in [1.807, 2.05) is 48.5 Å². The van der Waals surface area contributed by atoms with Crippen molar-refractivity contribution < 1.29 is 14.3 Å². The van der Waals surface area contributed by atoms with E-state index < -0.39 is 0 Å². The summed E-state index contributed by atoms with van der Waals surface area (Å²) in [4.78, 5) is 12.2. The maximum Gasteiger partial charge on any atom is 0.272 e. The molecule has 0 spiro atoms. The molecule has 7 nitrogen and oxygen atoms in total. The molecule has 1 aliphatic rings. The number of fused-ring (bicyclic) bond motifs is 1. The van der Waals surface area contributed by atoms with Crippen LogP contribution in [0.25, 0.3) is 0 Å². The highest BCUT2D eigenvalue weighted by Gasteiger charge is 2.13. The molecule has 0 fully saturated rings. The van der Waals surface area contributed by atoms with Crippen molar-refractivity contribution in [3.05, 3.63) is 71.9 Å². The zero-order chi connectivity index (χ0) is 17.8. The number of carbonyl (C=O) groups excluding carboxylic acids is 1. The SMILES string of the molecule is O=C(NCc1ccccc1)c1ccc(Nc2ccc3c(c2)OCO3)nn1. The Kier molecular flexibility index (Phi) is 4.34. The Morgan fingerprint density at radius 1 is 0.962 bits per heavy atom. The number of amides is 1. The van der Waals surface area contributed by atoms with E-state index in [1.54, 1.807) is 12.1 Å². The van der Waals surface area contributed by atoms with Crippen LogP contribution in [0.5, 0.6) is 11.5 Å². The summed E-state index contributed by atoms with van der Waals surface area (Å²) in [7, 11) is 0. The maximum atomic E-state index is 12.2. The van der Waals surface area contributed by atoms with E-state index in [9.17, 15) is 4.79 Å². The number of nitrogens with one attached hydrogen (secondary N) is 2. The normalized spacial score (nSPS) is 11.8. The molecule has 7 heteroatoms. The fourth-order valence-electron chi connectivity index (χ4n) is 2.51. The summed E-state index contributed by atoms with van der Waals surface area (Å²) in [5.74, 6) is 1.66. The summed E-state index contributed by atoms with van der Waals surface area (Å²) in [6.45, 7) is 0.671. The van der Waals surface area contributed by atoms with Crippen molar-refractivity contribution in [3.8, 4) is 11.5 Å². The minimum absolute atomic E-state index is 0.228. The molecular formula is C19H16N4O3. The van der Waals surface area contributed by atoms with E-state index >= 15 is 0 Å². The molecule has 26 heavy (non-hydrogen) atoms. The molecule has 3 aromatic rings. The van der Waals surface area contributed by atoms with Crippen molar-refractivity contribution >= 4 is 17.4 Å². The summed E-state index contributed by atoms with van der Waals surface area (Å²) in [6, 6.07) is 18.5. The predicted molar refractivity (Wildman–Crippen MR) is 95.5 cm³/mol. The standard InChI is InChI=1S/C19H16N4O3/c24-19(20-11-13-4-2-1-3-5-13)15-7-9-18(23-22-15)21-14-6-8-16-17(10-14)26-12-25-16/h1-10H,11-12H2,(H,20,24)(H,21,23). The van der Waals surface area contributed by atoms with Crippen molar-refractivity contribution in [3.63, 3.8) is 0 Å². The van der Waals surface area contributed by atoms with Gasteiger partial charge in [0.05, 0.1) is 0 Å². The van der Waals surface area contributed by atoms with Gasteiger partial charge in [0, 0.05) is 18.3 Å². The van der Waals surface area contributed by atoms with E-state index in [0.717, 1.165) is 11.3 Å². The van der Waals surface area contributed by atoms with Gasteiger partial charge in [0.15, 0.2) is 23.0 Å². The topological polar surface area (TPSA) is 85.4 Å². The van der Waals surface area contributed by atoms with Crippen LogP contribution in [0.1, 0.15) is 16.1 Å². The van der Waals surface area contributed by atoms with E-state index in [-0.39, 0.29) is 18.4 Å². The second-order valence-corrected chi connectivity index (χ2v) is 5.67. The lowest BCUT2D eigenvalue weighted by Gasteiger charge is -2.07. The zero-order valence-electron chi connectivity index (χ0n) is 13.8. The average Bonchev–Trinajstić information content (AvgIpc) is 3.15. The Morgan fingerprint density at radius 2 is 1.81 bits per heavy atom. The largest absolute Gasteiger partial charge is 0.454 e. The van der Waals surface area contributed by atoms with Crippen LogP contribution in [-0.4, -0.2) is 22.9 Å². The van der Waals surface area contributed by atoms with Crippen molar-refractivity contribution in [2.24, 2.45) is 0 Å². The first-order chi connectivity index (χ1) is 12.8. The first kappa shape index (κ1) is 15.9. The lowest BCUT2D eigenvalue weighted by Crippen LogP contribution is -2.24. The van der Waals surface area contributed by atoms with E-state index in [2.05, 4.69) is 20.8 Å². The monoisotopic (exact) mass is 348 g/mol. The molecule has 4 rings (SSSR count). The van der Waals surface area contributed by atoms with Crippen LogP contribution in [0.4, 0.5) is 11.5 Å². The molecule has 130 valence electrons. The Morgan fingerprint density at radius 3 is 2.62 bits per heavy atom. The van der Waals surface area contributed by atoms with Crippen LogP contribution in [0.15, 0.2) is 60.7 Å². The Balaban J connectivity index is 1.38. The molecular weight excluding hydrogens is 332 g/mol. The van der Waals surface area contributed by atoms with Crippen molar-refractivity contribution in [2.45, 2.75) is 6.54 Å². The van der Waals surface area contributed by atoms with E-state index in [4.69, 9.17) is 9.47 Å². The van der Waals surface area contributed by atoms with Crippen molar-refractivity contribution in [1.29, 1.82) is 0 Å². The predicted octanol–water partition coefficient (Wildman–Crippen LogP) is 2.88. The lowest BCUT2D eigenvalue weighted by molar-refractivity contribution is 0.0945. The molecule has 2 aromatic carbocycles. The molecule has 0 saturated carbocycles. The molecule has 2 N–H and O–H groups in total. The first-order valence-electron chi connectivity index (χ1n) is 8.10. The first-order valence-corrected chi connectivity index (χ1v) is 8.10. The van der Waals surface area contributed by atoms with Gasteiger partial charge < -0.3 is 20.1 Å². The molecule has 1 amide bonds. The zero-order valence-corrected chi connectivity index (χ0v) is 13.8. The Hall–Kier alpha value is -3.61. The number of hydrogen-bond donors (Lipinski definition) is 2. The van der Waals surface area contributed by atoms with Gasteiger partial charge in [0.25, 0.3) is 5.91 Å². The molecule has 2 heterocycles. The number of carbonyl (C=O) groups is 1. The second kappa shape index (κ2) is 7.10. The fraction of sp³-hybridized carbons (Fsp3) is 0.105. The van der Waals surface area contributed by atoms with Crippen LogP contribution < -0.4 is 20.1 Å². The van der Waals surface area contributed by atoms with Crippen molar-refractivity contribution in [2.75, 3.05) is 12.1 Å². The number of hydrogen-bond acceptors (Lipinski definition) is 6. The second-order valence-electron chi connectivity index (χ2n) is 5.67. The van der Waals surface area contributed by atoms with Crippen LogP contribution in [0, 0.1) is 0 Å². The van der Waals surface area contributed by atoms with Crippen molar-refractivity contribution in [1.82, 2.24) is 15.5 Å². The Labute approximate surface area is 150 Å². The van der Waals surface area contributed by atoms with Crippen LogP contribution >= 0.6 is 0 Å². The number of nitrogens with zero attached hydrogens (tertiary/aromatic N) is 2. The van der Waals surface area contributed by atoms with Gasteiger partial charge in [0.1, 0.15) is 0 Å². The van der Waals surface area contributed by atoms with Gasteiger partial charge >= 0.3 is 0 Å². The van der Waals surface area contributed by atoms with E-state index in [1.165, 1.54) is 0 Å². The van der Waals surface area contributed by atoms with Crippen LogP contribution in [-0.2, 0) is 6.54 Å². The molecule has 1 aromatic heterocycles. The number of rotatable bonds is 5. The third kappa shape index (κ3) is 3.56. The molecule has 0 atom stereocenters. The van der Waals surface area contributed by atoms with Gasteiger partial charge in [-0.3, -0.25) is 4.79 Å². The minimum atomic E-state index is -0.268. The quantitative estimate of drug-likeness (QED) is 0.737. The summed E-state index contributed by atoms with van der Waals surface area (Å²) in [6.07, 6.45) is 0. The molecule has 0 bridgehead atoms. The van der Waals surface area contributed by atoms with Gasteiger partial charge in [-0.2, -0.15) is 0 Å². The number of ether oxygens (including phenoxy) is 2. The van der Waals surface area contributed by atoms with Gasteiger partial charge in [-0.15, -0.1) is 10.2 Å². The molecule has 0 aliphatic carbocycles. The van der Waals surface area contributed by atoms with E-state index in [0.29, 0.717) is 23.9 Å². The van der Waals surface area contributed by atoms with Gasteiger partial charge in [-0.05, 0) is 29.8 Å². The summed E-state index contributed by atoms with van der Waals surface area (Å²) in [5.41, 5.74) is 2.08. The van der Waals surface area contributed by atoms with Gasteiger partial charge in [-0.25, -0.2) is 0 Å². The smallest absolute Gasteiger partial charge is 0.272 e. The third-order valence-electron chi connectivity index (χ3n) is 3.84. The number of aromatic nitrogens is 2. The van der Waals surface area contributed by atoms with Gasteiger partial charge in [0.2, 0.25) is 6.79 Å². The fourth-order valence-corrected chi connectivity index (χ4v) is 2.51. The highest BCUT2D eigenvalue weighted by atomic mass is 16.7. The lowest BCUT2D eigenvalue weighted by atomic mass is 10.2. The highest BCUT2D eigenvalue weighted by molar-refractivity contribution is 5.92.